The maximum atomic E-state index is 12.2. The molecule has 3 atom stereocenters. The number of aromatic nitrogens is 2. The predicted octanol–water partition coefficient (Wildman–Crippen LogP) is 2.12. The average Bonchev–Trinajstić information content (AvgIpc) is 2.90. The van der Waals surface area contributed by atoms with Gasteiger partial charge in [0, 0.05) is 30.3 Å². The molecule has 1 aliphatic rings. The maximum absolute atomic E-state index is 12.2. The molecule has 20 heavy (non-hydrogen) atoms. The first-order valence-electron chi connectivity index (χ1n) is 7.07. The lowest BCUT2D eigenvalue weighted by Gasteiger charge is -2.05. The molecule has 1 saturated carbocycles. The predicted molar refractivity (Wildman–Crippen MR) is 77.1 cm³/mol. The van der Waals surface area contributed by atoms with Crippen LogP contribution >= 0.6 is 0 Å². The second-order valence-corrected chi connectivity index (χ2v) is 5.44. The third-order valence-electron chi connectivity index (χ3n) is 4.12. The molecule has 4 nitrogen and oxygen atoms in total. The van der Waals surface area contributed by atoms with E-state index in [0.717, 1.165) is 12.1 Å². The average molecular weight is 269 g/mol. The Morgan fingerprint density at radius 3 is 2.85 bits per heavy atom. The Morgan fingerprint density at radius 2 is 2.15 bits per heavy atom. The molecule has 104 valence electrons. The minimum absolute atomic E-state index is 0.0891. The second-order valence-electron chi connectivity index (χ2n) is 5.44. The summed E-state index contributed by atoms with van der Waals surface area (Å²) in [6, 6.07) is 10.2. The molecule has 0 saturated heterocycles. The topological polar surface area (TPSA) is 57.8 Å². The van der Waals surface area contributed by atoms with E-state index >= 15 is 0 Å². The Balaban J connectivity index is 1.49. The lowest BCUT2D eigenvalue weighted by atomic mass is 10.1. The van der Waals surface area contributed by atoms with Crippen molar-refractivity contribution in [3.8, 4) is 0 Å². The number of amides is 1. The van der Waals surface area contributed by atoms with Crippen molar-refractivity contribution in [3.63, 3.8) is 0 Å². The standard InChI is InChI=1S/C16H19N3O/c1-11-14(13-9-17-10-19-13)15(11)16(20)18-8-7-12-5-3-2-4-6-12/h2-6,9-11,14-15H,7-8H2,1H3,(H,17,19)(H,18,20)/t11-,14-,15?/m0/s1. The first kappa shape index (κ1) is 12.9. The van der Waals surface area contributed by atoms with Gasteiger partial charge in [-0.2, -0.15) is 0 Å². The summed E-state index contributed by atoms with van der Waals surface area (Å²) in [5, 5.41) is 3.04. The van der Waals surface area contributed by atoms with Gasteiger partial charge in [0.15, 0.2) is 0 Å². The van der Waals surface area contributed by atoms with E-state index in [1.54, 1.807) is 6.33 Å². The molecule has 1 aromatic carbocycles. The largest absolute Gasteiger partial charge is 0.356 e. The van der Waals surface area contributed by atoms with Gasteiger partial charge in [0.2, 0.25) is 5.91 Å². The highest BCUT2D eigenvalue weighted by Gasteiger charge is 2.52. The molecule has 0 spiro atoms. The summed E-state index contributed by atoms with van der Waals surface area (Å²) >= 11 is 0. The van der Waals surface area contributed by atoms with Crippen molar-refractivity contribution in [2.45, 2.75) is 19.3 Å². The molecule has 4 heteroatoms. The molecule has 0 aliphatic heterocycles. The Morgan fingerprint density at radius 1 is 1.35 bits per heavy atom. The van der Waals surface area contributed by atoms with Gasteiger partial charge in [0.1, 0.15) is 0 Å². The summed E-state index contributed by atoms with van der Waals surface area (Å²) in [5.41, 5.74) is 2.32. The fraction of sp³-hybridized carbons (Fsp3) is 0.375. The monoisotopic (exact) mass is 269 g/mol. The summed E-state index contributed by atoms with van der Waals surface area (Å²) < 4.78 is 0. The summed E-state index contributed by atoms with van der Waals surface area (Å²) in [5.74, 6) is 0.945. The number of H-pyrrole nitrogens is 1. The molecular formula is C16H19N3O. The van der Waals surface area contributed by atoms with Crippen LogP contribution in [0.4, 0.5) is 0 Å². The molecule has 2 N–H and O–H groups in total. The number of nitrogens with zero attached hydrogens (tertiary/aromatic N) is 1. The molecule has 1 amide bonds. The van der Waals surface area contributed by atoms with Gasteiger partial charge in [-0.25, -0.2) is 4.98 Å². The number of rotatable bonds is 5. The Hall–Kier alpha value is -2.10. The zero-order valence-corrected chi connectivity index (χ0v) is 11.5. The molecule has 3 rings (SSSR count). The molecule has 1 fully saturated rings. The van der Waals surface area contributed by atoms with Gasteiger partial charge in [0.25, 0.3) is 0 Å². The van der Waals surface area contributed by atoms with Crippen molar-refractivity contribution in [2.24, 2.45) is 11.8 Å². The smallest absolute Gasteiger partial charge is 0.224 e. The van der Waals surface area contributed by atoms with Crippen molar-refractivity contribution >= 4 is 5.91 Å². The molecular weight excluding hydrogens is 250 g/mol. The van der Waals surface area contributed by atoms with Crippen LogP contribution in [0.25, 0.3) is 0 Å². The van der Waals surface area contributed by atoms with Crippen LogP contribution in [0, 0.1) is 11.8 Å². The quantitative estimate of drug-likeness (QED) is 0.873. The summed E-state index contributed by atoms with van der Waals surface area (Å²) in [6.07, 6.45) is 4.37. The first-order valence-corrected chi connectivity index (χ1v) is 7.07. The highest BCUT2D eigenvalue weighted by molar-refractivity contribution is 5.83. The van der Waals surface area contributed by atoms with E-state index in [-0.39, 0.29) is 11.8 Å². The van der Waals surface area contributed by atoms with Gasteiger partial charge in [-0.3, -0.25) is 4.79 Å². The highest BCUT2D eigenvalue weighted by Crippen LogP contribution is 2.52. The number of hydrogen-bond acceptors (Lipinski definition) is 2. The van der Waals surface area contributed by atoms with E-state index in [9.17, 15) is 4.79 Å². The van der Waals surface area contributed by atoms with Crippen molar-refractivity contribution in [1.29, 1.82) is 0 Å². The molecule has 1 aromatic heterocycles. The number of hydrogen-bond donors (Lipinski definition) is 2. The number of carbonyl (C=O) groups excluding carboxylic acids is 1. The second kappa shape index (κ2) is 5.49. The van der Waals surface area contributed by atoms with Gasteiger partial charge in [-0.05, 0) is 17.9 Å². The molecule has 0 bridgehead atoms. The lowest BCUT2D eigenvalue weighted by molar-refractivity contribution is -0.122. The van der Waals surface area contributed by atoms with Crippen LogP contribution in [-0.2, 0) is 11.2 Å². The third kappa shape index (κ3) is 2.59. The zero-order chi connectivity index (χ0) is 13.9. The van der Waals surface area contributed by atoms with E-state index < -0.39 is 0 Å². The first-order chi connectivity index (χ1) is 9.77. The fourth-order valence-electron chi connectivity index (χ4n) is 2.88. The minimum atomic E-state index is 0.0891. The van der Waals surface area contributed by atoms with Gasteiger partial charge in [-0.1, -0.05) is 37.3 Å². The van der Waals surface area contributed by atoms with Crippen molar-refractivity contribution in [3.05, 3.63) is 54.1 Å². The number of carbonyl (C=O) groups is 1. The van der Waals surface area contributed by atoms with E-state index in [1.807, 2.05) is 24.4 Å². The lowest BCUT2D eigenvalue weighted by Crippen LogP contribution is -2.28. The third-order valence-corrected chi connectivity index (χ3v) is 4.12. The number of imidazole rings is 1. The zero-order valence-electron chi connectivity index (χ0n) is 11.5. The molecule has 1 heterocycles. The molecule has 1 unspecified atom stereocenters. The summed E-state index contributed by atoms with van der Waals surface area (Å²) in [6.45, 7) is 2.81. The van der Waals surface area contributed by atoms with E-state index in [4.69, 9.17) is 0 Å². The number of nitrogens with one attached hydrogen (secondary N) is 2. The van der Waals surface area contributed by atoms with Crippen molar-refractivity contribution in [2.75, 3.05) is 6.54 Å². The maximum Gasteiger partial charge on any atom is 0.224 e. The van der Waals surface area contributed by atoms with Crippen LogP contribution in [0.2, 0.25) is 0 Å². The Labute approximate surface area is 118 Å². The molecule has 2 aromatic rings. The van der Waals surface area contributed by atoms with E-state index in [2.05, 4.69) is 34.3 Å². The van der Waals surface area contributed by atoms with Crippen LogP contribution in [0.5, 0.6) is 0 Å². The Bertz CT molecular complexity index is 565. The van der Waals surface area contributed by atoms with Gasteiger partial charge in [-0.15, -0.1) is 0 Å². The fourth-order valence-corrected chi connectivity index (χ4v) is 2.88. The highest BCUT2D eigenvalue weighted by atomic mass is 16.2. The van der Waals surface area contributed by atoms with E-state index in [1.165, 1.54) is 5.56 Å². The molecule has 1 aliphatic carbocycles. The van der Waals surface area contributed by atoms with Crippen LogP contribution in [0.1, 0.15) is 24.1 Å². The normalized spacial score (nSPS) is 24.4. The number of aromatic amines is 1. The van der Waals surface area contributed by atoms with Crippen LogP contribution in [0.15, 0.2) is 42.9 Å². The van der Waals surface area contributed by atoms with Gasteiger partial charge >= 0.3 is 0 Å². The summed E-state index contributed by atoms with van der Waals surface area (Å²) in [4.78, 5) is 19.3. The van der Waals surface area contributed by atoms with Crippen LogP contribution in [0.3, 0.4) is 0 Å². The summed E-state index contributed by atoms with van der Waals surface area (Å²) in [7, 11) is 0. The van der Waals surface area contributed by atoms with Crippen LogP contribution < -0.4 is 5.32 Å². The van der Waals surface area contributed by atoms with Crippen LogP contribution in [-0.4, -0.2) is 22.4 Å². The van der Waals surface area contributed by atoms with Crippen molar-refractivity contribution in [1.82, 2.24) is 15.3 Å². The molecule has 0 radical (unpaired) electrons. The SMILES string of the molecule is C[C@@H]1C(C(=O)NCCc2ccccc2)[C@@H]1c1cnc[nH]1. The van der Waals surface area contributed by atoms with E-state index in [0.29, 0.717) is 18.4 Å². The van der Waals surface area contributed by atoms with Crippen molar-refractivity contribution < 1.29 is 4.79 Å². The Kier molecular flexibility index (Phi) is 3.54. The van der Waals surface area contributed by atoms with Gasteiger partial charge in [0.05, 0.1) is 6.33 Å². The number of benzene rings is 1. The van der Waals surface area contributed by atoms with Gasteiger partial charge < -0.3 is 10.3 Å². The minimum Gasteiger partial charge on any atom is -0.356 e.